The number of aromatic nitrogens is 1. The lowest BCUT2D eigenvalue weighted by Crippen LogP contribution is -2.47. The van der Waals surface area contributed by atoms with Crippen molar-refractivity contribution in [3.8, 4) is 0 Å². The summed E-state index contributed by atoms with van der Waals surface area (Å²) in [4.78, 5) is 21.5. The number of ether oxygens (including phenoxy) is 1. The highest BCUT2D eigenvalue weighted by molar-refractivity contribution is 9.10. The average molecular weight is 488 g/mol. The Bertz CT molecular complexity index is 1140. The average Bonchev–Trinajstić information content (AvgIpc) is 3.33. The zero-order valence-electron chi connectivity index (χ0n) is 16.4. The molecular weight excluding hydrogens is 469 g/mol. The van der Waals surface area contributed by atoms with Gasteiger partial charge in [-0.25, -0.2) is 4.39 Å². The number of pyridine rings is 1. The number of methoxy groups -OCH3 is 1. The number of benzene rings is 1. The molecule has 2 aromatic rings. The Morgan fingerprint density at radius 3 is 2.90 bits per heavy atom. The predicted molar refractivity (Wildman–Crippen MR) is 119 cm³/mol. The molecule has 2 N–H and O–H groups in total. The van der Waals surface area contributed by atoms with Crippen molar-refractivity contribution < 1.29 is 13.9 Å². The molecule has 2 heterocycles. The molecule has 4 atom stereocenters. The van der Waals surface area contributed by atoms with Crippen LogP contribution in [0.2, 0.25) is 0 Å². The highest BCUT2D eigenvalue weighted by Gasteiger charge is 2.79. The van der Waals surface area contributed by atoms with Crippen molar-refractivity contribution in [2.75, 3.05) is 7.11 Å². The fraction of sp³-hybridized carbons (Fsp3) is 0.318. The minimum atomic E-state index is -0.684. The summed E-state index contributed by atoms with van der Waals surface area (Å²) in [5.41, 5.74) is 8.77. The summed E-state index contributed by atoms with van der Waals surface area (Å²) >= 11 is 4.62. The molecule has 1 aromatic heterocycles. The number of esters is 1. The van der Waals surface area contributed by atoms with Gasteiger partial charge in [-0.05, 0) is 62.8 Å². The van der Waals surface area contributed by atoms with E-state index in [2.05, 4.69) is 20.9 Å². The van der Waals surface area contributed by atoms with Crippen LogP contribution >= 0.6 is 27.7 Å². The first kappa shape index (κ1) is 19.8. The third kappa shape index (κ3) is 2.62. The molecule has 0 amide bonds. The van der Waals surface area contributed by atoms with Gasteiger partial charge in [0.15, 0.2) is 5.17 Å². The van der Waals surface area contributed by atoms with Crippen LogP contribution in [0.3, 0.4) is 0 Å². The van der Waals surface area contributed by atoms with E-state index in [9.17, 15) is 9.18 Å². The quantitative estimate of drug-likeness (QED) is 0.652. The zero-order chi connectivity index (χ0) is 21.3. The standard InChI is InChI=1S/C22H19BrFN3O2S/c1-11-18-21(27-20(25)30-22(11,18)19(28)29-2)9-13-4-3-12(7-15(13)21)8-16(24)17-6-5-14(23)10-26-17/h3-8,10-11,18H,9H2,1-2H3,(H2,25,27)/b16-8-/t11?,18?,21-,22+/m1/s1. The summed E-state index contributed by atoms with van der Waals surface area (Å²) in [6, 6.07) is 9.21. The number of fused-ring (bicyclic) bond motifs is 4. The van der Waals surface area contributed by atoms with E-state index in [1.54, 1.807) is 18.3 Å². The van der Waals surface area contributed by atoms with Crippen LogP contribution < -0.4 is 5.73 Å². The van der Waals surface area contributed by atoms with Crippen LogP contribution in [-0.4, -0.2) is 28.0 Å². The highest BCUT2D eigenvalue weighted by atomic mass is 79.9. The zero-order valence-corrected chi connectivity index (χ0v) is 18.8. The summed E-state index contributed by atoms with van der Waals surface area (Å²) < 4.78 is 19.9. The van der Waals surface area contributed by atoms with E-state index in [0.29, 0.717) is 5.17 Å². The molecule has 1 fully saturated rings. The molecule has 5 rings (SSSR count). The summed E-state index contributed by atoms with van der Waals surface area (Å²) in [5.74, 6) is -0.559. The third-order valence-electron chi connectivity index (χ3n) is 6.46. The Morgan fingerprint density at radius 1 is 1.40 bits per heavy atom. The number of carbonyl (C=O) groups is 1. The van der Waals surface area contributed by atoms with Crippen molar-refractivity contribution in [2.45, 2.75) is 23.6 Å². The number of aliphatic imine (C=N–C) groups is 1. The molecule has 8 heteroatoms. The van der Waals surface area contributed by atoms with Crippen molar-refractivity contribution >= 4 is 50.7 Å². The number of rotatable bonds is 3. The number of hydrogen-bond acceptors (Lipinski definition) is 6. The van der Waals surface area contributed by atoms with Crippen molar-refractivity contribution in [1.82, 2.24) is 4.98 Å². The van der Waals surface area contributed by atoms with E-state index >= 15 is 0 Å². The van der Waals surface area contributed by atoms with Crippen LogP contribution in [-0.2, 0) is 21.5 Å². The molecule has 5 nitrogen and oxygen atoms in total. The van der Waals surface area contributed by atoms with Gasteiger partial charge >= 0.3 is 5.97 Å². The Morgan fingerprint density at radius 2 is 2.20 bits per heavy atom. The maximum Gasteiger partial charge on any atom is 0.323 e. The second-order valence-corrected chi connectivity index (χ2v) is 10.2. The van der Waals surface area contributed by atoms with Gasteiger partial charge in [-0.1, -0.05) is 30.8 Å². The molecule has 154 valence electrons. The predicted octanol–water partition coefficient (Wildman–Crippen LogP) is 4.30. The number of nitrogens with two attached hydrogens (primary N) is 1. The second-order valence-electron chi connectivity index (χ2n) is 7.97. The van der Waals surface area contributed by atoms with Gasteiger partial charge in [-0.2, -0.15) is 0 Å². The Kier molecular flexibility index (Phi) is 4.38. The normalized spacial score (nSPS) is 31.3. The Hall–Kier alpha value is -2.19. The van der Waals surface area contributed by atoms with Gasteiger partial charge in [0.25, 0.3) is 0 Å². The number of thioether (sulfide) groups is 1. The lowest BCUT2D eigenvalue weighted by Gasteiger charge is -2.44. The summed E-state index contributed by atoms with van der Waals surface area (Å²) in [5, 5.41) is 0.401. The van der Waals surface area contributed by atoms with Crippen LogP contribution in [0.4, 0.5) is 4.39 Å². The summed E-state index contributed by atoms with van der Waals surface area (Å²) in [6.07, 6.45) is 3.75. The minimum Gasteiger partial charge on any atom is -0.468 e. The molecule has 2 aliphatic carbocycles. The van der Waals surface area contributed by atoms with Crippen LogP contribution in [0.15, 0.2) is 46.0 Å². The SMILES string of the molecule is COC(=O)[C@@]12SC(N)=N[C@@]3(Cc4ccc(/C=C(\F)c5ccc(Br)cn5)cc43)C1C2C. The first-order valence-corrected chi connectivity index (χ1v) is 11.2. The van der Waals surface area contributed by atoms with E-state index in [4.69, 9.17) is 15.5 Å². The van der Waals surface area contributed by atoms with Gasteiger partial charge in [0.2, 0.25) is 0 Å². The number of carbonyl (C=O) groups excluding carboxylic acids is 1. The second kappa shape index (κ2) is 6.65. The number of amidine groups is 1. The fourth-order valence-corrected chi connectivity index (χ4v) is 6.80. The highest BCUT2D eigenvalue weighted by Crippen LogP contribution is 2.73. The largest absolute Gasteiger partial charge is 0.468 e. The van der Waals surface area contributed by atoms with Gasteiger partial charge in [0.05, 0.1) is 18.3 Å². The van der Waals surface area contributed by atoms with Gasteiger partial charge in [-0.3, -0.25) is 14.8 Å². The van der Waals surface area contributed by atoms with Gasteiger partial charge in [0.1, 0.15) is 10.6 Å². The fourth-order valence-electron chi connectivity index (χ4n) is 5.07. The van der Waals surface area contributed by atoms with Crippen LogP contribution in [0.25, 0.3) is 11.9 Å². The molecule has 0 bridgehead atoms. The van der Waals surface area contributed by atoms with E-state index in [0.717, 1.165) is 27.6 Å². The van der Waals surface area contributed by atoms with E-state index in [-0.39, 0.29) is 23.5 Å². The van der Waals surface area contributed by atoms with E-state index < -0.39 is 16.1 Å². The summed E-state index contributed by atoms with van der Waals surface area (Å²) in [6.45, 7) is 2.05. The molecule has 1 aromatic carbocycles. The molecule has 2 unspecified atom stereocenters. The topological polar surface area (TPSA) is 77.6 Å². The van der Waals surface area contributed by atoms with E-state index in [1.807, 2.05) is 25.1 Å². The van der Waals surface area contributed by atoms with Crippen LogP contribution in [0, 0.1) is 11.8 Å². The van der Waals surface area contributed by atoms with Gasteiger partial charge < -0.3 is 10.5 Å². The molecule has 1 saturated carbocycles. The van der Waals surface area contributed by atoms with Gasteiger partial charge in [0, 0.05) is 23.0 Å². The van der Waals surface area contributed by atoms with Crippen molar-refractivity contribution in [3.05, 3.63) is 63.4 Å². The smallest absolute Gasteiger partial charge is 0.323 e. The third-order valence-corrected chi connectivity index (χ3v) is 8.36. The van der Waals surface area contributed by atoms with Gasteiger partial charge in [-0.15, -0.1) is 0 Å². The first-order chi connectivity index (χ1) is 14.3. The lowest BCUT2D eigenvalue weighted by molar-refractivity contribution is -0.141. The Labute approximate surface area is 186 Å². The molecule has 3 aliphatic rings. The van der Waals surface area contributed by atoms with Crippen LogP contribution in [0.5, 0.6) is 0 Å². The maximum atomic E-state index is 14.7. The number of nitrogens with zero attached hydrogens (tertiary/aromatic N) is 2. The van der Waals surface area contributed by atoms with E-state index in [1.165, 1.54) is 24.9 Å². The summed E-state index contributed by atoms with van der Waals surface area (Å²) in [7, 11) is 1.41. The molecule has 1 spiro atoms. The van der Waals surface area contributed by atoms with Crippen LogP contribution in [0.1, 0.15) is 29.3 Å². The monoisotopic (exact) mass is 487 g/mol. The molecule has 0 saturated heterocycles. The molecular formula is C22H19BrFN3O2S. The number of halogens is 2. The number of hydrogen-bond donors (Lipinski definition) is 1. The molecule has 1 aliphatic heterocycles. The lowest BCUT2D eigenvalue weighted by atomic mass is 9.66. The van der Waals surface area contributed by atoms with Crippen molar-refractivity contribution in [2.24, 2.45) is 22.6 Å². The Balaban J connectivity index is 1.53. The molecule has 0 radical (unpaired) electrons. The van der Waals surface area contributed by atoms with Crippen molar-refractivity contribution in [3.63, 3.8) is 0 Å². The maximum absolute atomic E-state index is 14.7. The van der Waals surface area contributed by atoms with Crippen molar-refractivity contribution in [1.29, 1.82) is 0 Å². The molecule has 30 heavy (non-hydrogen) atoms. The minimum absolute atomic E-state index is 0.0134. The first-order valence-electron chi connectivity index (χ1n) is 9.57.